The minimum Gasteiger partial charge on any atom is -0.336 e. The summed E-state index contributed by atoms with van der Waals surface area (Å²) < 4.78 is 13.7. The van der Waals surface area contributed by atoms with E-state index in [1.807, 2.05) is 30.3 Å². The van der Waals surface area contributed by atoms with Gasteiger partial charge in [-0.3, -0.25) is 4.57 Å². The van der Waals surface area contributed by atoms with Crippen molar-refractivity contribution in [2.75, 3.05) is 0 Å². The standard InChI is InChI=1S/C13H10NO2PS.K/c15-17(16,10-6-2-1-3-7-10)13-14-11-8-4-5-9-12(11)18-13;/h1-9H,(H,15,16);/q;+1. The zero-order valence-corrected chi connectivity index (χ0v) is 15.2. The van der Waals surface area contributed by atoms with Crippen molar-refractivity contribution < 1.29 is 60.8 Å². The van der Waals surface area contributed by atoms with E-state index in [4.69, 9.17) is 0 Å². The second-order valence-electron chi connectivity index (χ2n) is 3.88. The number of thiazole rings is 1. The van der Waals surface area contributed by atoms with E-state index >= 15 is 0 Å². The summed E-state index contributed by atoms with van der Waals surface area (Å²) in [5.41, 5.74) is 0.766. The molecule has 1 heterocycles. The first-order chi connectivity index (χ1) is 8.68. The van der Waals surface area contributed by atoms with Crippen molar-refractivity contribution in [2.24, 2.45) is 0 Å². The van der Waals surface area contributed by atoms with Crippen molar-refractivity contribution in [2.45, 2.75) is 0 Å². The van der Waals surface area contributed by atoms with Crippen LogP contribution in [0.4, 0.5) is 0 Å². The molecule has 0 bridgehead atoms. The first-order valence-corrected chi connectivity index (χ1v) is 7.90. The zero-order chi connectivity index (χ0) is 12.6. The molecule has 0 spiro atoms. The van der Waals surface area contributed by atoms with Crippen molar-refractivity contribution in [3.63, 3.8) is 0 Å². The summed E-state index contributed by atoms with van der Waals surface area (Å²) in [6, 6.07) is 16.2. The maximum atomic E-state index is 12.5. The molecular formula is C13H10KNO2PS+. The van der Waals surface area contributed by atoms with Gasteiger partial charge in [0.2, 0.25) is 0 Å². The predicted molar refractivity (Wildman–Crippen MR) is 75.2 cm³/mol. The Labute approximate surface area is 157 Å². The summed E-state index contributed by atoms with van der Waals surface area (Å²) in [4.78, 5) is 14.5. The van der Waals surface area contributed by atoms with Gasteiger partial charge in [0.1, 0.15) is 0 Å². The second kappa shape index (κ2) is 6.29. The van der Waals surface area contributed by atoms with E-state index in [-0.39, 0.29) is 56.1 Å². The van der Waals surface area contributed by atoms with Crippen molar-refractivity contribution in [3.05, 3.63) is 54.6 Å². The molecule has 0 saturated heterocycles. The Morgan fingerprint density at radius 1 is 1.00 bits per heavy atom. The average molecular weight is 314 g/mol. The van der Waals surface area contributed by atoms with Crippen molar-refractivity contribution in [1.29, 1.82) is 0 Å². The van der Waals surface area contributed by atoms with Crippen LogP contribution in [0.5, 0.6) is 0 Å². The molecule has 0 aliphatic carbocycles. The average Bonchev–Trinajstić information content (AvgIpc) is 2.84. The molecule has 6 heteroatoms. The van der Waals surface area contributed by atoms with Crippen molar-refractivity contribution >= 4 is 39.0 Å². The smallest absolute Gasteiger partial charge is 0.336 e. The van der Waals surface area contributed by atoms with Crippen LogP contribution in [-0.2, 0) is 4.57 Å². The quantitative estimate of drug-likeness (QED) is 0.514. The van der Waals surface area contributed by atoms with Crippen LogP contribution in [0.25, 0.3) is 10.2 Å². The van der Waals surface area contributed by atoms with Crippen LogP contribution in [0, 0.1) is 0 Å². The number of aromatic nitrogens is 1. The molecule has 19 heavy (non-hydrogen) atoms. The molecule has 1 N–H and O–H groups in total. The molecule has 90 valence electrons. The molecular weight excluding hydrogens is 304 g/mol. The topological polar surface area (TPSA) is 50.2 Å². The normalized spacial score (nSPS) is 13.7. The summed E-state index contributed by atoms with van der Waals surface area (Å²) >= 11 is 1.27. The van der Waals surface area contributed by atoms with Gasteiger partial charge in [0.15, 0.2) is 4.75 Å². The minimum absolute atomic E-state index is 0. The van der Waals surface area contributed by atoms with Crippen LogP contribution in [-0.4, -0.2) is 9.88 Å². The fraction of sp³-hybridized carbons (Fsp3) is 0. The number of nitrogens with zero attached hydrogens (tertiary/aromatic N) is 1. The predicted octanol–water partition coefficient (Wildman–Crippen LogP) is -0.479. The van der Waals surface area contributed by atoms with E-state index in [2.05, 4.69) is 4.98 Å². The number of fused-ring (bicyclic) bond motifs is 1. The van der Waals surface area contributed by atoms with Crippen LogP contribution in [0.15, 0.2) is 54.6 Å². The van der Waals surface area contributed by atoms with Crippen LogP contribution < -0.4 is 61.4 Å². The molecule has 3 nitrogen and oxygen atoms in total. The fourth-order valence-corrected chi connectivity index (χ4v) is 4.58. The summed E-state index contributed by atoms with van der Waals surface area (Å²) in [5, 5.41) is 0.420. The maximum absolute atomic E-state index is 12.5. The number of rotatable bonds is 2. The van der Waals surface area contributed by atoms with Gasteiger partial charge < -0.3 is 4.89 Å². The first-order valence-electron chi connectivity index (χ1n) is 5.42. The van der Waals surface area contributed by atoms with E-state index in [9.17, 15) is 9.46 Å². The zero-order valence-electron chi connectivity index (χ0n) is 10.4. The van der Waals surface area contributed by atoms with Gasteiger partial charge in [-0.15, -0.1) is 11.3 Å². The van der Waals surface area contributed by atoms with E-state index in [0.717, 1.165) is 10.2 Å². The van der Waals surface area contributed by atoms with Crippen LogP contribution in [0.3, 0.4) is 0 Å². The summed E-state index contributed by atoms with van der Waals surface area (Å²) in [6.07, 6.45) is 0. The maximum Gasteiger partial charge on any atom is 1.00 e. The van der Waals surface area contributed by atoms with Gasteiger partial charge in [-0.2, -0.15) is 0 Å². The summed E-state index contributed by atoms with van der Waals surface area (Å²) in [5.74, 6) is 0. The second-order valence-corrected chi connectivity index (χ2v) is 7.30. The van der Waals surface area contributed by atoms with E-state index in [0.29, 0.717) is 5.30 Å². The fourth-order valence-electron chi connectivity index (χ4n) is 1.73. The van der Waals surface area contributed by atoms with Gasteiger partial charge in [0, 0.05) is 5.30 Å². The number of benzene rings is 2. The molecule has 3 rings (SSSR count). The summed E-state index contributed by atoms with van der Waals surface area (Å²) in [6.45, 7) is 0. The third kappa shape index (κ3) is 3.09. The molecule has 0 fully saturated rings. The molecule has 3 aromatic rings. The van der Waals surface area contributed by atoms with Gasteiger partial charge in [-0.05, 0) is 24.3 Å². The Balaban J connectivity index is 0.00000133. The molecule has 0 amide bonds. The van der Waals surface area contributed by atoms with Crippen molar-refractivity contribution in [3.8, 4) is 0 Å². The monoisotopic (exact) mass is 314 g/mol. The molecule has 1 atom stereocenters. The minimum atomic E-state index is -3.56. The van der Waals surface area contributed by atoms with Crippen molar-refractivity contribution in [1.82, 2.24) is 4.98 Å². The van der Waals surface area contributed by atoms with E-state index < -0.39 is 7.37 Å². The van der Waals surface area contributed by atoms with Gasteiger partial charge in [-0.25, -0.2) is 4.98 Å². The summed E-state index contributed by atoms with van der Waals surface area (Å²) in [7, 11) is -3.56. The Bertz CT molecular complexity index is 711. The molecule has 1 unspecified atom stereocenters. The molecule has 0 aliphatic heterocycles. The first kappa shape index (κ1) is 15.5. The number of hydrogen-bond acceptors (Lipinski definition) is 3. The largest absolute Gasteiger partial charge is 1.00 e. The van der Waals surface area contributed by atoms with Gasteiger partial charge in [-0.1, -0.05) is 30.3 Å². The SMILES string of the molecule is O=P(O)(c1ccccc1)c1nc2ccccc2s1.[K+]. The molecule has 1 aromatic heterocycles. The Morgan fingerprint density at radius 3 is 2.32 bits per heavy atom. The molecule has 0 radical (unpaired) electrons. The van der Waals surface area contributed by atoms with Crippen LogP contribution in [0.2, 0.25) is 0 Å². The number of hydrogen-bond donors (Lipinski definition) is 1. The Morgan fingerprint density at radius 2 is 1.63 bits per heavy atom. The van der Waals surface area contributed by atoms with Gasteiger partial charge >= 0.3 is 51.4 Å². The molecule has 0 aliphatic rings. The number of para-hydroxylation sites is 1. The van der Waals surface area contributed by atoms with Crippen LogP contribution in [0.1, 0.15) is 0 Å². The Hall–Kier alpha value is 0.156. The van der Waals surface area contributed by atoms with E-state index in [1.54, 1.807) is 24.3 Å². The third-order valence-electron chi connectivity index (χ3n) is 2.65. The van der Waals surface area contributed by atoms with Crippen LogP contribution >= 0.6 is 18.7 Å². The third-order valence-corrected chi connectivity index (χ3v) is 6.12. The van der Waals surface area contributed by atoms with E-state index in [1.165, 1.54) is 11.3 Å². The van der Waals surface area contributed by atoms with Gasteiger partial charge in [0.25, 0.3) is 7.37 Å². The van der Waals surface area contributed by atoms with Gasteiger partial charge in [0.05, 0.1) is 10.2 Å². The molecule has 0 saturated carbocycles. The Kier molecular flexibility index (Phi) is 5.14. The molecule has 2 aromatic carbocycles.